The van der Waals surface area contributed by atoms with Crippen molar-refractivity contribution in [3.8, 4) is 5.75 Å². The molecular weight excluding hydrogens is 239 g/mol. The lowest BCUT2D eigenvalue weighted by Crippen LogP contribution is -2.31. The smallest absolute Gasteiger partial charge is 0.119 e. The highest BCUT2D eigenvalue weighted by Gasteiger charge is 1.98. The van der Waals surface area contributed by atoms with Crippen LogP contribution in [0.1, 0.15) is 12.8 Å². The predicted octanol–water partition coefficient (Wildman–Crippen LogP) is 0.990. The molecule has 0 aromatic heterocycles. The largest absolute Gasteiger partial charge is 0.492 e. The van der Waals surface area contributed by atoms with Gasteiger partial charge in [0.1, 0.15) is 12.4 Å². The summed E-state index contributed by atoms with van der Waals surface area (Å²) in [5.41, 5.74) is 12.8. The summed E-state index contributed by atoms with van der Waals surface area (Å²) in [4.78, 5) is 0. The van der Waals surface area contributed by atoms with Crippen molar-refractivity contribution in [3.63, 3.8) is 0 Å². The van der Waals surface area contributed by atoms with Gasteiger partial charge in [-0.2, -0.15) is 0 Å². The molecule has 1 aromatic carbocycles. The monoisotopic (exact) mass is 260 g/mol. The zero-order valence-electron chi connectivity index (χ0n) is 11.1. The van der Waals surface area contributed by atoms with Gasteiger partial charge in [0.25, 0.3) is 0 Å². The van der Waals surface area contributed by atoms with E-state index in [0.29, 0.717) is 25.2 Å². The maximum atomic E-state index is 5.79. The normalized spacial score (nSPS) is 11.3. The van der Waals surface area contributed by atoms with Crippen molar-refractivity contribution in [3.05, 3.63) is 36.2 Å². The molecule has 0 fully saturated rings. The van der Waals surface area contributed by atoms with Crippen molar-refractivity contribution >= 4 is 13.5 Å². The number of nitrogens with zero attached hydrogens (tertiary/aromatic N) is 1. The Morgan fingerprint density at radius 3 is 2.63 bits per heavy atom. The Morgan fingerprint density at radius 2 is 2.00 bits per heavy atom. The van der Waals surface area contributed by atoms with Crippen LogP contribution in [0.5, 0.6) is 5.75 Å². The van der Waals surface area contributed by atoms with Crippen LogP contribution in [0.2, 0.25) is 6.32 Å². The molecule has 0 saturated heterocycles. The molecule has 102 valence electrons. The molecule has 0 atom stereocenters. The first-order chi connectivity index (χ1) is 9.11. The lowest BCUT2D eigenvalue weighted by atomic mass is 10.00. The van der Waals surface area contributed by atoms with Gasteiger partial charge in [0.05, 0.1) is 14.4 Å². The molecule has 0 bridgehead atoms. The van der Waals surface area contributed by atoms with Gasteiger partial charge in [-0.3, -0.25) is 0 Å². The minimum Gasteiger partial charge on any atom is -0.492 e. The lowest BCUT2D eigenvalue weighted by Gasteiger charge is -2.15. The molecule has 0 saturated carbocycles. The van der Waals surface area contributed by atoms with Crippen molar-refractivity contribution in [1.29, 1.82) is 0 Å². The molecule has 0 aliphatic heterocycles. The molecule has 5 nitrogen and oxygen atoms in total. The molecule has 6 heteroatoms. The van der Waals surface area contributed by atoms with Gasteiger partial charge in [-0.1, -0.05) is 12.7 Å². The SMILES string of the molecule is [B]CCC/C(N)=C/N(N)CCOc1ccc(N)cc1. The van der Waals surface area contributed by atoms with Crippen molar-refractivity contribution in [2.24, 2.45) is 11.6 Å². The second-order valence-electron chi connectivity index (χ2n) is 4.25. The van der Waals surface area contributed by atoms with E-state index in [1.54, 1.807) is 18.3 Å². The van der Waals surface area contributed by atoms with Crippen LogP contribution in [0.3, 0.4) is 0 Å². The van der Waals surface area contributed by atoms with Crippen molar-refractivity contribution in [2.75, 3.05) is 18.9 Å². The number of anilines is 1. The Kier molecular flexibility index (Phi) is 6.67. The molecule has 0 amide bonds. The minimum absolute atomic E-state index is 0.473. The van der Waals surface area contributed by atoms with Gasteiger partial charge < -0.3 is 21.2 Å². The maximum Gasteiger partial charge on any atom is 0.119 e. The van der Waals surface area contributed by atoms with Crippen LogP contribution in [0.15, 0.2) is 36.2 Å². The third kappa shape index (κ3) is 6.62. The molecule has 2 radical (unpaired) electrons. The summed E-state index contributed by atoms with van der Waals surface area (Å²) in [6, 6.07) is 7.23. The second kappa shape index (κ2) is 8.32. The molecule has 6 N–H and O–H groups in total. The average Bonchev–Trinajstić information content (AvgIpc) is 2.38. The number of allylic oxidation sites excluding steroid dienone is 1. The molecule has 1 rings (SSSR count). The third-order valence-electron chi connectivity index (χ3n) is 2.50. The van der Waals surface area contributed by atoms with Crippen molar-refractivity contribution in [1.82, 2.24) is 5.01 Å². The van der Waals surface area contributed by atoms with E-state index >= 15 is 0 Å². The highest BCUT2D eigenvalue weighted by Crippen LogP contribution is 2.12. The van der Waals surface area contributed by atoms with E-state index in [0.717, 1.165) is 24.3 Å². The number of benzene rings is 1. The van der Waals surface area contributed by atoms with Gasteiger partial charge in [-0.15, -0.1) is 0 Å². The summed E-state index contributed by atoms with van der Waals surface area (Å²) in [5, 5.41) is 1.52. The lowest BCUT2D eigenvalue weighted by molar-refractivity contribution is 0.256. The number of ether oxygens (including phenoxy) is 1. The molecule has 19 heavy (non-hydrogen) atoms. The highest BCUT2D eigenvalue weighted by molar-refractivity contribution is 6.08. The number of hydrogen-bond acceptors (Lipinski definition) is 5. The van der Waals surface area contributed by atoms with E-state index in [9.17, 15) is 0 Å². The molecule has 0 aliphatic carbocycles. The first-order valence-corrected chi connectivity index (χ1v) is 6.27. The van der Waals surface area contributed by atoms with E-state index in [2.05, 4.69) is 0 Å². The van der Waals surface area contributed by atoms with Crippen LogP contribution >= 0.6 is 0 Å². The van der Waals surface area contributed by atoms with Crippen LogP contribution in [-0.2, 0) is 0 Å². The highest BCUT2D eigenvalue weighted by atomic mass is 16.5. The molecule has 0 aliphatic rings. The molecule has 1 aromatic rings. The fourth-order valence-corrected chi connectivity index (χ4v) is 1.48. The number of hydrazine groups is 1. The Labute approximate surface area is 115 Å². The van der Waals surface area contributed by atoms with Gasteiger partial charge in [-0.05, 0) is 30.7 Å². The second-order valence-corrected chi connectivity index (χ2v) is 4.25. The summed E-state index contributed by atoms with van der Waals surface area (Å²) in [6.07, 6.45) is 3.95. The van der Waals surface area contributed by atoms with Crippen LogP contribution in [0.4, 0.5) is 5.69 Å². The van der Waals surface area contributed by atoms with Gasteiger partial charge >= 0.3 is 0 Å². The summed E-state index contributed by atoms with van der Waals surface area (Å²) >= 11 is 0. The van der Waals surface area contributed by atoms with Crippen LogP contribution < -0.4 is 22.0 Å². The van der Waals surface area contributed by atoms with E-state index in [-0.39, 0.29) is 0 Å². The van der Waals surface area contributed by atoms with E-state index in [1.807, 2.05) is 12.1 Å². The number of nitrogens with two attached hydrogens (primary N) is 3. The Balaban J connectivity index is 2.26. The number of hydrogen-bond donors (Lipinski definition) is 3. The van der Waals surface area contributed by atoms with Gasteiger partial charge in [0.2, 0.25) is 0 Å². The molecular formula is C13H21BN4O. The van der Waals surface area contributed by atoms with Gasteiger partial charge in [-0.25, -0.2) is 5.84 Å². The van der Waals surface area contributed by atoms with Crippen LogP contribution in [-0.4, -0.2) is 26.0 Å². The summed E-state index contributed by atoms with van der Waals surface area (Å²) in [7, 11) is 5.41. The zero-order chi connectivity index (χ0) is 14.1. The van der Waals surface area contributed by atoms with Gasteiger partial charge in [0.15, 0.2) is 0 Å². The molecule has 0 spiro atoms. The van der Waals surface area contributed by atoms with Crippen LogP contribution in [0.25, 0.3) is 0 Å². The Bertz CT molecular complexity index is 394. The number of nitrogen functional groups attached to an aromatic ring is 1. The zero-order valence-corrected chi connectivity index (χ0v) is 11.1. The first-order valence-electron chi connectivity index (χ1n) is 6.27. The summed E-state index contributed by atoms with van der Waals surface area (Å²) in [5.74, 6) is 6.55. The molecule has 0 heterocycles. The Hall–Kier alpha value is -1.82. The first kappa shape index (κ1) is 15.2. The standard InChI is InChI=1S/C13H21BN4O/c14-7-1-2-12(16)10-18(17)8-9-19-13-5-3-11(15)4-6-13/h3-6,10H,1-2,7-9,15-17H2/b12-10-. The van der Waals surface area contributed by atoms with Gasteiger partial charge in [0, 0.05) is 17.6 Å². The summed E-state index contributed by atoms with van der Waals surface area (Å²) in [6.45, 7) is 1.02. The average molecular weight is 260 g/mol. The van der Waals surface area contributed by atoms with E-state index < -0.39 is 0 Å². The van der Waals surface area contributed by atoms with Crippen LogP contribution in [0, 0.1) is 0 Å². The Morgan fingerprint density at radius 1 is 1.32 bits per heavy atom. The number of rotatable bonds is 8. The minimum atomic E-state index is 0.473. The summed E-state index contributed by atoms with van der Waals surface area (Å²) < 4.78 is 5.53. The van der Waals surface area contributed by atoms with Crippen molar-refractivity contribution < 1.29 is 4.74 Å². The fourth-order valence-electron chi connectivity index (χ4n) is 1.48. The molecule has 0 unspecified atom stereocenters. The predicted molar refractivity (Wildman–Crippen MR) is 79.3 cm³/mol. The van der Waals surface area contributed by atoms with E-state index in [4.69, 9.17) is 29.9 Å². The fraction of sp³-hybridized carbons (Fsp3) is 0.385. The topological polar surface area (TPSA) is 90.5 Å². The maximum absolute atomic E-state index is 5.79. The quantitative estimate of drug-likeness (QED) is 0.280. The van der Waals surface area contributed by atoms with Crippen molar-refractivity contribution in [2.45, 2.75) is 19.2 Å². The third-order valence-corrected chi connectivity index (χ3v) is 2.50. The van der Waals surface area contributed by atoms with E-state index in [1.165, 1.54) is 5.01 Å².